The number of aliphatic carboxylic acids is 1. The van der Waals surface area contributed by atoms with Gasteiger partial charge in [0.25, 0.3) is 0 Å². The van der Waals surface area contributed by atoms with Gasteiger partial charge in [-0.3, -0.25) is 9.59 Å². The Kier molecular flexibility index (Phi) is 6.39. The summed E-state index contributed by atoms with van der Waals surface area (Å²) in [4.78, 5) is 33.7. The van der Waals surface area contributed by atoms with E-state index < -0.39 is 18.0 Å². The first-order valence-corrected chi connectivity index (χ1v) is 6.82. The Morgan fingerprint density at radius 3 is 2.29 bits per heavy atom. The lowest BCUT2D eigenvalue weighted by molar-refractivity contribution is -0.137. The van der Waals surface area contributed by atoms with Gasteiger partial charge < -0.3 is 15.7 Å². The van der Waals surface area contributed by atoms with E-state index >= 15 is 0 Å². The number of anilines is 1. The van der Waals surface area contributed by atoms with E-state index in [2.05, 4.69) is 10.6 Å². The first kappa shape index (κ1) is 16.7. The maximum Gasteiger partial charge on any atom is 0.319 e. The number of carboxylic acids is 1. The number of ketones is 1. The van der Waals surface area contributed by atoms with Crippen molar-refractivity contribution >= 4 is 23.5 Å². The van der Waals surface area contributed by atoms with E-state index in [1.165, 1.54) is 6.92 Å². The second kappa shape index (κ2) is 8.04. The molecule has 1 aromatic rings. The summed E-state index contributed by atoms with van der Waals surface area (Å²) >= 11 is 0. The summed E-state index contributed by atoms with van der Waals surface area (Å²) in [6.07, 6.45) is 1.28. The van der Waals surface area contributed by atoms with Crippen LogP contribution in [0.5, 0.6) is 0 Å². The van der Waals surface area contributed by atoms with Crippen LogP contribution in [0.25, 0.3) is 0 Å². The number of hydrogen-bond donors (Lipinski definition) is 3. The Morgan fingerprint density at radius 2 is 1.81 bits per heavy atom. The molecule has 0 aliphatic carbocycles. The SMILES string of the molecule is CCCC(CC(=O)O)NC(=O)Nc1ccc(C(C)=O)cc1. The van der Waals surface area contributed by atoms with Crippen LogP contribution in [0.4, 0.5) is 10.5 Å². The highest BCUT2D eigenvalue weighted by atomic mass is 16.4. The maximum atomic E-state index is 11.8. The predicted molar refractivity (Wildman–Crippen MR) is 79.5 cm³/mol. The minimum atomic E-state index is -0.945. The Bertz CT molecular complexity index is 511. The second-order valence-electron chi connectivity index (χ2n) is 4.82. The molecule has 114 valence electrons. The van der Waals surface area contributed by atoms with Gasteiger partial charge in [0.05, 0.1) is 6.42 Å². The molecule has 0 spiro atoms. The molecule has 21 heavy (non-hydrogen) atoms. The molecule has 0 fully saturated rings. The van der Waals surface area contributed by atoms with E-state index in [4.69, 9.17) is 5.11 Å². The maximum absolute atomic E-state index is 11.8. The van der Waals surface area contributed by atoms with E-state index in [1.54, 1.807) is 24.3 Å². The third kappa shape index (κ3) is 6.07. The molecule has 1 rings (SSSR count). The molecule has 0 saturated carbocycles. The normalized spacial score (nSPS) is 11.5. The van der Waals surface area contributed by atoms with E-state index in [1.807, 2.05) is 6.92 Å². The Labute approximate surface area is 123 Å². The third-order valence-electron chi connectivity index (χ3n) is 2.94. The Morgan fingerprint density at radius 1 is 1.19 bits per heavy atom. The molecule has 0 bridgehead atoms. The summed E-state index contributed by atoms with van der Waals surface area (Å²) in [7, 11) is 0. The van der Waals surface area contributed by atoms with Crippen LogP contribution < -0.4 is 10.6 Å². The van der Waals surface area contributed by atoms with Gasteiger partial charge in [-0.15, -0.1) is 0 Å². The van der Waals surface area contributed by atoms with Gasteiger partial charge in [0.15, 0.2) is 5.78 Å². The molecule has 0 saturated heterocycles. The van der Waals surface area contributed by atoms with Gasteiger partial charge in [-0.1, -0.05) is 13.3 Å². The summed E-state index contributed by atoms with van der Waals surface area (Å²) in [6, 6.07) is 5.65. The van der Waals surface area contributed by atoms with Crippen LogP contribution in [0.3, 0.4) is 0 Å². The van der Waals surface area contributed by atoms with Crippen LogP contribution >= 0.6 is 0 Å². The molecule has 1 aromatic carbocycles. The average Bonchev–Trinajstić information content (AvgIpc) is 2.38. The first-order valence-electron chi connectivity index (χ1n) is 6.82. The summed E-state index contributed by atoms with van der Waals surface area (Å²) in [6.45, 7) is 3.39. The van der Waals surface area contributed by atoms with Crippen molar-refractivity contribution in [2.45, 2.75) is 39.2 Å². The topological polar surface area (TPSA) is 95.5 Å². The predicted octanol–water partition coefficient (Wildman–Crippen LogP) is 2.65. The van der Waals surface area contributed by atoms with E-state index in [-0.39, 0.29) is 12.2 Å². The molecular formula is C15H20N2O4. The highest BCUT2D eigenvalue weighted by Crippen LogP contribution is 2.10. The van der Waals surface area contributed by atoms with Gasteiger partial charge in [-0.2, -0.15) is 0 Å². The Balaban J connectivity index is 2.58. The number of carbonyl (C=O) groups excluding carboxylic acids is 2. The van der Waals surface area contributed by atoms with Gasteiger partial charge in [0.2, 0.25) is 0 Å². The van der Waals surface area contributed by atoms with Crippen molar-refractivity contribution in [3.05, 3.63) is 29.8 Å². The smallest absolute Gasteiger partial charge is 0.319 e. The number of Topliss-reactive ketones (excluding diaryl/α,β-unsaturated/α-hetero) is 1. The van der Waals surface area contributed by atoms with Crippen LogP contribution in [0, 0.1) is 0 Å². The Hall–Kier alpha value is -2.37. The summed E-state index contributed by atoms with van der Waals surface area (Å²) in [5.41, 5.74) is 1.11. The van der Waals surface area contributed by atoms with Crippen LogP contribution in [-0.2, 0) is 4.79 Å². The van der Waals surface area contributed by atoms with Gasteiger partial charge in [0.1, 0.15) is 0 Å². The number of carboxylic acid groups (broad SMARTS) is 1. The molecule has 6 nitrogen and oxygen atoms in total. The number of amides is 2. The lowest BCUT2D eigenvalue weighted by Crippen LogP contribution is -2.39. The van der Waals surface area contributed by atoms with Gasteiger partial charge >= 0.3 is 12.0 Å². The number of rotatable bonds is 7. The van der Waals surface area contributed by atoms with E-state index in [0.29, 0.717) is 17.7 Å². The minimum absolute atomic E-state index is 0.0459. The fourth-order valence-corrected chi connectivity index (χ4v) is 1.93. The summed E-state index contributed by atoms with van der Waals surface area (Å²) in [5.74, 6) is -0.991. The van der Waals surface area contributed by atoms with Crippen molar-refractivity contribution in [1.82, 2.24) is 5.32 Å². The first-order chi connectivity index (χ1) is 9.92. The average molecular weight is 292 g/mol. The molecule has 0 aliphatic heterocycles. The van der Waals surface area contributed by atoms with Crippen molar-refractivity contribution < 1.29 is 19.5 Å². The molecule has 1 unspecified atom stereocenters. The quantitative estimate of drug-likeness (QED) is 0.673. The fraction of sp³-hybridized carbons (Fsp3) is 0.400. The number of carbonyl (C=O) groups is 3. The van der Waals surface area contributed by atoms with Crippen molar-refractivity contribution in [2.24, 2.45) is 0 Å². The molecular weight excluding hydrogens is 272 g/mol. The van der Waals surface area contributed by atoms with Crippen LogP contribution in [0.1, 0.15) is 43.5 Å². The summed E-state index contributed by atoms with van der Waals surface area (Å²) < 4.78 is 0. The summed E-state index contributed by atoms with van der Waals surface area (Å²) in [5, 5.41) is 14.0. The number of nitrogens with one attached hydrogen (secondary N) is 2. The monoisotopic (exact) mass is 292 g/mol. The lowest BCUT2D eigenvalue weighted by atomic mass is 10.1. The van der Waals surface area contributed by atoms with Crippen LogP contribution in [0.15, 0.2) is 24.3 Å². The molecule has 2 amide bonds. The molecule has 3 N–H and O–H groups in total. The van der Waals surface area contributed by atoms with E-state index in [0.717, 1.165) is 6.42 Å². The molecule has 0 radical (unpaired) electrons. The standard InChI is InChI=1S/C15H20N2O4/c1-3-4-13(9-14(19)20)17-15(21)16-12-7-5-11(6-8-12)10(2)18/h5-8,13H,3-4,9H2,1-2H3,(H,19,20)(H2,16,17,21). The van der Waals surface area contributed by atoms with Crippen molar-refractivity contribution in [2.75, 3.05) is 5.32 Å². The largest absolute Gasteiger partial charge is 0.481 e. The molecule has 0 heterocycles. The number of hydrogen-bond acceptors (Lipinski definition) is 3. The van der Waals surface area contributed by atoms with Gasteiger partial charge in [-0.05, 0) is 37.6 Å². The zero-order valence-electron chi connectivity index (χ0n) is 12.2. The van der Waals surface area contributed by atoms with Crippen LogP contribution in [0.2, 0.25) is 0 Å². The van der Waals surface area contributed by atoms with E-state index in [9.17, 15) is 14.4 Å². The highest BCUT2D eigenvalue weighted by Gasteiger charge is 2.15. The zero-order valence-corrected chi connectivity index (χ0v) is 12.2. The fourth-order valence-electron chi connectivity index (χ4n) is 1.93. The van der Waals surface area contributed by atoms with Crippen LogP contribution in [-0.4, -0.2) is 28.9 Å². The highest BCUT2D eigenvalue weighted by molar-refractivity contribution is 5.95. The van der Waals surface area contributed by atoms with Gasteiger partial charge in [0, 0.05) is 17.3 Å². The molecule has 0 aromatic heterocycles. The van der Waals surface area contributed by atoms with Crippen molar-refractivity contribution in [3.8, 4) is 0 Å². The van der Waals surface area contributed by atoms with Crippen molar-refractivity contribution in [1.29, 1.82) is 0 Å². The zero-order chi connectivity index (χ0) is 15.8. The third-order valence-corrected chi connectivity index (χ3v) is 2.94. The molecule has 0 aliphatic rings. The van der Waals surface area contributed by atoms with Crippen molar-refractivity contribution in [3.63, 3.8) is 0 Å². The number of urea groups is 1. The number of benzene rings is 1. The molecule has 6 heteroatoms. The minimum Gasteiger partial charge on any atom is -0.481 e. The lowest BCUT2D eigenvalue weighted by Gasteiger charge is -2.16. The van der Waals surface area contributed by atoms with Gasteiger partial charge in [-0.25, -0.2) is 4.79 Å². The second-order valence-corrected chi connectivity index (χ2v) is 4.82. The molecule has 1 atom stereocenters.